The first-order valence-corrected chi connectivity index (χ1v) is 19.1. The molecule has 0 N–H and O–H groups in total. The summed E-state index contributed by atoms with van der Waals surface area (Å²) in [6.07, 6.45) is 0. The second-order valence-electron chi connectivity index (χ2n) is 14.2. The normalized spacial score (nSPS) is 11.2. The quantitative estimate of drug-likeness (QED) is 0.156. The van der Waals surface area contributed by atoms with E-state index in [4.69, 9.17) is 4.42 Å². The van der Waals surface area contributed by atoms with E-state index < -0.39 is 0 Å². The lowest BCUT2D eigenvalue weighted by molar-refractivity contribution is 0.669. The molecular weight excluding hydrogens is 679 g/mol. The number of furan rings is 1. The molecule has 0 saturated carbocycles. The number of benzene rings is 9. The van der Waals surface area contributed by atoms with E-state index in [9.17, 15) is 0 Å². The van der Waals surface area contributed by atoms with Gasteiger partial charge in [0.15, 0.2) is 0 Å². The fourth-order valence-corrected chi connectivity index (χ4v) is 7.85. The Morgan fingerprint density at radius 1 is 0.268 bits per heavy atom. The van der Waals surface area contributed by atoms with Crippen molar-refractivity contribution < 1.29 is 4.42 Å². The highest BCUT2D eigenvalue weighted by atomic mass is 16.3. The van der Waals surface area contributed by atoms with E-state index in [1.807, 2.05) is 6.07 Å². The van der Waals surface area contributed by atoms with Crippen LogP contribution in [-0.2, 0) is 0 Å². The van der Waals surface area contributed by atoms with Gasteiger partial charge in [-0.1, -0.05) is 164 Å². The van der Waals surface area contributed by atoms with Crippen LogP contribution in [0.25, 0.3) is 77.6 Å². The molecule has 0 atom stereocenters. The highest BCUT2D eigenvalue weighted by molar-refractivity contribution is 6.14. The topological polar surface area (TPSA) is 16.4 Å². The fourth-order valence-electron chi connectivity index (χ4n) is 7.85. The minimum absolute atomic E-state index is 0.858. The first-order chi connectivity index (χ1) is 27.7. The number of rotatable bonds is 8. The van der Waals surface area contributed by atoms with Gasteiger partial charge in [0.25, 0.3) is 0 Å². The number of fused-ring (bicyclic) bond motifs is 3. The maximum Gasteiger partial charge on any atom is 0.137 e. The third kappa shape index (κ3) is 6.34. The third-order valence-electron chi connectivity index (χ3n) is 10.7. The highest BCUT2D eigenvalue weighted by Crippen LogP contribution is 2.44. The lowest BCUT2D eigenvalue weighted by Crippen LogP contribution is -2.10. The van der Waals surface area contributed by atoms with Crippen molar-refractivity contribution >= 4 is 39.0 Å². The first-order valence-electron chi connectivity index (χ1n) is 19.1. The molecule has 10 rings (SSSR count). The molecule has 2 nitrogen and oxygen atoms in total. The van der Waals surface area contributed by atoms with Crippen molar-refractivity contribution in [1.29, 1.82) is 0 Å². The number of anilines is 3. The van der Waals surface area contributed by atoms with Crippen molar-refractivity contribution in [1.82, 2.24) is 0 Å². The largest absolute Gasteiger partial charge is 0.456 e. The van der Waals surface area contributed by atoms with E-state index in [-0.39, 0.29) is 0 Å². The summed E-state index contributed by atoms with van der Waals surface area (Å²) in [7, 11) is 0. The summed E-state index contributed by atoms with van der Waals surface area (Å²) in [5.41, 5.74) is 16.8. The number of hydrogen-bond acceptors (Lipinski definition) is 2. The van der Waals surface area contributed by atoms with Crippen molar-refractivity contribution in [3.05, 3.63) is 224 Å². The fraction of sp³-hybridized carbons (Fsp3) is 0. The van der Waals surface area contributed by atoms with Crippen molar-refractivity contribution in [2.45, 2.75) is 0 Å². The average molecular weight is 716 g/mol. The van der Waals surface area contributed by atoms with E-state index in [0.29, 0.717) is 0 Å². The Bertz CT molecular complexity index is 2800. The molecule has 0 aliphatic rings. The Kier molecular flexibility index (Phi) is 8.55. The molecule has 0 aliphatic heterocycles. The summed E-state index contributed by atoms with van der Waals surface area (Å²) in [4.78, 5) is 2.36. The molecular formula is C54H37NO. The van der Waals surface area contributed by atoms with Gasteiger partial charge in [0, 0.05) is 16.8 Å². The van der Waals surface area contributed by atoms with Crippen LogP contribution in [0.1, 0.15) is 0 Å². The van der Waals surface area contributed by atoms with Crippen LogP contribution in [0.5, 0.6) is 0 Å². The second-order valence-corrected chi connectivity index (χ2v) is 14.2. The molecule has 10 aromatic rings. The summed E-state index contributed by atoms with van der Waals surface area (Å²) in [6, 6.07) is 79.9. The molecule has 2 heteroatoms. The van der Waals surface area contributed by atoms with Crippen LogP contribution in [0.15, 0.2) is 229 Å². The zero-order valence-electron chi connectivity index (χ0n) is 30.7. The molecule has 0 bridgehead atoms. The predicted octanol–water partition coefficient (Wildman–Crippen LogP) is 15.4. The van der Waals surface area contributed by atoms with E-state index in [1.165, 1.54) is 50.1 Å². The monoisotopic (exact) mass is 715 g/mol. The van der Waals surface area contributed by atoms with Gasteiger partial charge in [-0.05, 0) is 116 Å². The van der Waals surface area contributed by atoms with Gasteiger partial charge < -0.3 is 9.32 Å². The zero-order valence-corrected chi connectivity index (χ0v) is 30.7. The smallest absolute Gasteiger partial charge is 0.137 e. The van der Waals surface area contributed by atoms with Crippen LogP contribution in [0.4, 0.5) is 17.1 Å². The maximum absolute atomic E-state index is 6.60. The molecule has 0 saturated heterocycles. The zero-order chi connectivity index (χ0) is 37.3. The van der Waals surface area contributed by atoms with Crippen LogP contribution in [-0.4, -0.2) is 0 Å². The summed E-state index contributed by atoms with van der Waals surface area (Å²) < 4.78 is 6.60. The van der Waals surface area contributed by atoms with Crippen molar-refractivity contribution in [2.75, 3.05) is 4.90 Å². The van der Waals surface area contributed by atoms with Gasteiger partial charge in [-0.2, -0.15) is 0 Å². The van der Waals surface area contributed by atoms with Crippen molar-refractivity contribution in [3.63, 3.8) is 0 Å². The van der Waals surface area contributed by atoms with Crippen LogP contribution >= 0.6 is 0 Å². The molecule has 1 heterocycles. The van der Waals surface area contributed by atoms with Gasteiger partial charge in [0.05, 0.1) is 11.1 Å². The Balaban J connectivity index is 1.08. The Labute approximate surface area is 327 Å². The van der Waals surface area contributed by atoms with Crippen LogP contribution in [0, 0.1) is 0 Å². The summed E-state index contributed by atoms with van der Waals surface area (Å²) in [5.74, 6) is 0. The minimum Gasteiger partial charge on any atom is -0.456 e. The van der Waals surface area contributed by atoms with Gasteiger partial charge in [-0.3, -0.25) is 0 Å². The number of nitrogens with zero attached hydrogens (tertiary/aromatic N) is 1. The standard InChI is InChI=1S/C54H37NO/c1-4-13-38(14-5-1)43-19-10-21-45(35-43)41-25-30-48(31-26-41)55(49-32-27-42(28-33-49)46-22-11-20-44(36-46)39-15-6-2-7-16-39)51-23-12-24-52-54(51)50-34-29-47(37-53(50)56-52)40-17-8-3-9-18-40/h1-37H. The lowest BCUT2D eigenvalue weighted by Gasteiger charge is -2.26. The van der Waals surface area contributed by atoms with Gasteiger partial charge in [0.1, 0.15) is 11.2 Å². The molecule has 56 heavy (non-hydrogen) atoms. The van der Waals surface area contributed by atoms with Gasteiger partial charge in [-0.25, -0.2) is 0 Å². The molecule has 264 valence electrons. The molecule has 0 amide bonds. The Morgan fingerprint density at radius 2 is 0.643 bits per heavy atom. The second kappa shape index (κ2) is 14.4. The highest BCUT2D eigenvalue weighted by Gasteiger charge is 2.20. The van der Waals surface area contributed by atoms with Gasteiger partial charge in [-0.15, -0.1) is 0 Å². The molecule has 9 aromatic carbocycles. The maximum atomic E-state index is 6.60. The van der Waals surface area contributed by atoms with Gasteiger partial charge in [0.2, 0.25) is 0 Å². The average Bonchev–Trinajstić information content (AvgIpc) is 3.67. The van der Waals surface area contributed by atoms with Crippen molar-refractivity contribution in [3.8, 4) is 55.6 Å². The van der Waals surface area contributed by atoms with Crippen LogP contribution in [0.2, 0.25) is 0 Å². The van der Waals surface area contributed by atoms with E-state index in [0.717, 1.165) is 44.6 Å². The van der Waals surface area contributed by atoms with Gasteiger partial charge >= 0.3 is 0 Å². The van der Waals surface area contributed by atoms with E-state index in [1.54, 1.807) is 0 Å². The molecule has 0 fully saturated rings. The van der Waals surface area contributed by atoms with Crippen LogP contribution < -0.4 is 4.90 Å². The third-order valence-corrected chi connectivity index (χ3v) is 10.7. The molecule has 0 radical (unpaired) electrons. The van der Waals surface area contributed by atoms with Crippen LogP contribution in [0.3, 0.4) is 0 Å². The van der Waals surface area contributed by atoms with E-state index >= 15 is 0 Å². The summed E-state index contributed by atoms with van der Waals surface area (Å²) in [6.45, 7) is 0. The molecule has 0 unspecified atom stereocenters. The SMILES string of the molecule is c1ccc(-c2cccc(-c3ccc(N(c4ccc(-c5cccc(-c6ccccc6)c5)cc4)c4cccc5oc6cc(-c7ccccc7)ccc6c45)cc3)c2)cc1. The molecule has 1 aromatic heterocycles. The minimum atomic E-state index is 0.858. The lowest BCUT2D eigenvalue weighted by atomic mass is 9.98. The Hall–Kier alpha value is -7.42. The van der Waals surface area contributed by atoms with E-state index in [2.05, 4.69) is 223 Å². The number of hydrogen-bond donors (Lipinski definition) is 0. The summed E-state index contributed by atoms with van der Waals surface area (Å²) >= 11 is 0. The molecule has 0 spiro atoms. The summed E-state index contributed by atoms with van der Waals surface area (Å²) in [5, 5.41) is 2.17. The van der Waals surface area contributed by atoms with Crippen molar-refractivity contribution in [2.24, 2.45) is 0 Å². The Morgan fingerprint density at radius 3 is 1.11 bits per heavy atom. The predicted molar refractivity (Wildman–Crippen MR) is 236 cm³/mol. The first kappa shape index (κ1) is 33.2. The molecule has 0 aliphatic carbocycles.